The second-order valence-corrected chi connectivity index (χ2v) is 8.75. The van der Waals surface area contributed by atoms with Crippen molar-refractivity contribution < 1.29 is 19.4 Å². The number of hydrogen-bond donors (Lipinski definition) is 1. The number of aliphatic hydroxyl groups excluding tert-OH is 1. The summed E-state index contributed by atoms with van der Waals surface area (Å²) in [6.07, 6.45) is 4.84. The molecule has 0 spiro atoms. The molecule has 1 N–H and O–H groups in total. The summed E-state index contributed by atoms with van der Waals surface area (Å²) in [4.78, 5) is 27.3. The molecule has 33 heavy (non-hydrogen) atoms. The quantitative estimate of drug-likeness (QED) is 0.391. The first kappa shape index (κ1) is 23.0. The van der Waals surface area contributed by atoms with Crippen LogP contribution in [0.15, 0.2) is 66.7 Å². The molecule has 0 bridgehead atoms. The van der Waals surface area contributed by atoms with Gasteiger partial charge in [0.25, 0.3) is 0 Å². The molecule has 0 aromatic heterocycles. The number of likely N-dealkylation sites (tertiary alicyclic amines) is 1. The van der Waals surface area contributed by atoms with E-state index >= 15 is 0 Å². The molecule has 1 saturated heterocycles. The zero-order valence-electron chi connectivity index (χ0n) is 18.9. The molecule has 1 fully saturated rings. The fraction of sp³-hybridized carbons (Fsp3) is 0.357. The molecule has 1 aliphatic rings. The topological polar surface area (TPSA) is 66.8 Å². The number of nitrogens with zero attached hydrogens (tertiary/aromatic N) is 1. The molecule has 0 unspecified atom stereocenters. The number of amides is 1. The number of rotatable bonds is 8. The van der Waals surface area contributed by atoms with Crippen molar-refractivity contribution in [3.05, 3.63) is 77.9 Å². The molecule has 4 rings (SSSR count). The number of fused-ring (bicyclic) bond motifs is 1. The van der Waals surface area contributed by atoms with Crippen molar-refractivity contribution in [2.75, 3.05) is 19.7 Å². The number of ether oxygens (including phenoxy) is 1. The van der Waals surface area contributed by atoms with Crippen molar-refractivity contribution in [2.24, 2.45) is 5.92 Å². The van der Waals surface area contributed by atoms with Gasteiger partial charge in [0.15, 0.2) is 0 Å². The molecule has 3 aromatic rings. The Bertz CT molecular complexity index is 1100. The Balaban J connectivity index is 1.29. The third kappa shape index (κ3) is 5.99. The van der Waals surface area contributed by atoms with Crippen molar-refractivity contribution in [2.45, 2.75) is 38.5 Å². The van der Waals surface area contributed by atoms with Gasteiger partial charge in [-0.15, -0.1) is 0 Å². The standard InChI is InChI=1S/C28H31NO4/c30-19-16-21-14-17-29(18-15-21)27(31)13-4-7-22-6-3-10-24(20-22)33-28(32)26-12-5-9-23-8-1-2-11-25(23)26/h1-3,5-6,8-12,20-21,30H,4,7,13-19H2. The minimum atomic E-state index is -0.372. The van der Waals surface area contributed by atoms with E-state index in [0.29, 0.717) is 23.7 Å². The Hall–Kier alpha value is -3.18. The van der Waals surface area contributed by atoms with Crippen LogP contribution in [0.5, 0.6) is 5.75 Å². The highest BCUT2D eigenvalue weighted by Crippen LogP contribution is 2.23. The fourth-order valence-electron chi connectivity index (χ4n) is 4.59. The van der Waals surface area contributed by atoms with E-state index < -0.39 is 0 Å². The van der Waals surface area contributed by atoms with Crippen molar-refractivity contribution >= 4 is 22.6 Å². The molecule has 0 atom stereocenters. The van der Waals surface area contributed by atoms with Gasteiger partial charge in [-0.3, -0.25) is 4.79 Å². The Labute approximate surface area is 195 Å². The van der Waals surface area contributed by atoms with E-state index in [2.05, 4.69) is 0 Å². The van der Waals surface area contributed by atoms with Gasteiger partial charge < -0.3 is 14.7 Å². The van der Waals surface area contributed by atoms with Gasteiger partial charge in [0.1, 0.15) is 5.75 Å². The Morgan fingerprint density at radius 3 is 2.55 bits per heavy atom. The Kier molecular flexibility index (Phi) is 7.74. The Morgan fingerprint density at radius 2 is 1.73 bits per heavy atom. The molecule has 5 nitrogen and oxygen atoms in total. The maximum Gasteiger partial charge on any atom is 0.344 e. The third-order valence-electron chi connectivity index (χ3n) is 6.48. The van der Waals surface area contributed by atoms with E-state index in [1.165, 1.54) is 0 Å². The summed E-state index contributed by atoms with van der Waals surface area (Å²) in [5.74, 6) is 0.890. The van der Waals surface area contributed by atoms with Gasteiger partial charge in [0.05, 0.1) is 5.56 Å². The van der Waals surface area contributed by atoms with Gasteiger partial charge in [-0.05, 0) is 72.6 Å². The average molecular weight is 446 g/mol. The molecule has 1 aliphatic heterocycles. The summed E-state index contributed by atoms with van der Waals surface area (Å²) in [7, 11) is 0. The number of piperidine rings is 1. The van der Waals surface area contributed by atoms with Crippen molar-refractivity contribution in [3.8, 4) is 5.75 Å². The van der Waals surface area contributed by atoms with Gasteiger partial charge in [0.2, 0.25) is 5.91 Å². The number of carbonyl (C=O) groups is 2. The largest absolute Gasteiger partial charge is 0.423 e. The molecule has 3 aromatic carbocycles. The maximum absolute atomic E-state index is 12.8. The summed E-state index contributed by atoms with van der Waals surface area (Å²) in [5.41, 5.74) is 1.60. The van der Waals surface area contributed by atoms with Crippen LogP contribution in [0.2, 0.25) is 0 Å². The van der Waals surface area contributed by atoms with E-state index in [1.807, 2.05) is 59.5 Å². The predicted molar refractivity (Wildman–Crippen MR) is 129 cm³/mol. The Morgan fingerprint density at radius 1 is 0.970 bits per heavy atom. The van der Waals surface area contributed by atoms with Crippen molar-refractivity contribution in [1.82, 2.24) is 4.90 Å². The van der Waals surface area contributed by atoms with Crippen LogP contribution in [0.1, 0.15) is 48.0 Å². The van der Waals surface area contributed by atoms with E-state index in [1.54, 1.807) is 12.1 Å². The van der Waals surface area contributed by atoms with Gasteiger partial charge >= 0.3 is 5.97 Å². The normalized spacial score (nSPS) is 14.4. The summed E-state index contributed by atoms with van der Waals surface area (Å²) >= 11 is 0. The maximum atomic E-state index is 12.8. The monoisotopic (exact) mass is 445 g/mol. The lowest BCUT2D eigenvalue weighted by Crippen LogP contribution is -2.38. The van der Waals surface area contributed by atoms with Crippen molar-refractivity contribution in [3.63, 3.8) is 0 Å². The highest BCUT2D eigenvalue weighted by atomic mass is 16.5. The number of hydrogen-bond acceptors (Lipinski definition) is 4. The number of carbonyl (C=O) groups excluding carboxylic acids is 2. The van der Waals surface area contributed by atoms with E-state index in [0.717, 1.165) is 61.5 Å². The molecular weight excluding hydrogens is 414 g/mol. The minimum absolute atomic E-state index is 0.205. The second kappa shape index (κ2) is 11.1. The molecule has 1 amide bonds. The first-order valence-electron chi connectivity index (χ1n) is 11.8. The minimum Gasteiger partial charge on any atom is -0.423 e. The molecule has 0 aliphatic carbocycles. The summed E-state index contributed by atoms with van der Waals surface area (Å²) in [6, 6.07) is 20.9. The van der Waals surface area contributed by atoms with E-state index in [-0.39, 0.29) is 18.5 Å². The number of benzene rings is 3. The van der Waals surface area contributed by atoms with Crippen LogP contribution in [0.4, 0.5) is 0 Å². The molecule has 172 valence electrons. The first-order valence-corrected chi connectivity index (χ1v) is 11.8. The molecule has 1 heterocycles. The summed E-state index contributed by atoms with van der Waals surface area (Å²) in [5, 5.41) is 11.0. The van der Waals surface area contributed by atoms with Crippen LogP contribution in [0.25, 0.3) is 10.8 Å². The van der Waals surface area contributed by atoms with Gasteiger partial charge in [-0.1, -0.05) is 48.5 Å². The number of esters is 1. The lowest BCUT2D eigenvalue weighted by Gasteiger charge is -2.31. The predicted octanol–water partition coefficient (Wildman–Crippen LogP) is 5.00. The number of aliphatic hydroxyl groups is 1. The number of aryl methyl sites for hydroxylation is 1. The summed E-state index contributed by atoms with van der Waals surface area (Å²) in [6.45, 7) is 1.82. The van der Waals surface area contributed by atoms with Crippen LogP contribution in [-0.4, -0.2) is 41.6 Å². The van der Waals surface area contributed by atoms with Crippen LogP contribution in [0, 0.1) is 5.92 Å². The average Bonchev–Trinajstić information content (AvgIpc) is 2.84. The van der Waals surface area contributed by atoms with E-state index in [4.69, 9.17) is 9.84 Å². The van der Waals surface area contributed by atoms with Crippen molar-refractivity contribution in [1.29, 1.82) is 0 Å². The SMILES string of the molecule is O=C(Oc1cccc(CCCC(=O)N2CCC(CCO)CC2)c1)c1cccc2ccccc12. The van der Waals surface area contributed by atoms with Gasteiger partial charge in [0, 0.05) is 26.1 Å². The first-order chi connectivity index (χ1) is 16.1. The second-order valence-electron chi connectivity index (χ2n) is 8.75. The zero-order chi connectivity index (χ0) is 23.0. The molecule has 5 heteroatoms. The highest BCUT2D eigenvalue weighted by molar-refractivity contribution is 6.05. The van der Waals surface area contributed by atoms with Gasteiger partial charge in [-0.25, -0.2) is 4.79 Å². The zero-order valence-corrected chi connectivity index (χ0v) is 18.9. The molecule has 0 saturated carbocycles. The molecule has 0 radical (unpaired) electrons. The molecular formula is C28H31NO4. The van der Waals surface area contributed by atoms with Crippen LogP contribution in [0.3, 0.4) is 0 Å². The van der Waals surface area contributed by atoms with Crippen LogP contribution < -0.4 is 4.74 Å². The van der Waals surface area contributed by atoms with Gasteiger partial charge in [-0.2, -0.15) is 0 Å². The van der Waals surface area contributed by atoms with E-state index in [9.17, 15) is 9.59 Å². The summed E-state index contributed by atoms with van der Waals surface area (Å²) < 4.78 is 5.67. The van der Waals surface area contributed by atoms with Crippen LogP contribution >= 0.6 is 0 Å². The lowest BCUT2D eigenvalue weighted by molar-refractivity contribution is -0.132. The lowest BCUT2D eigenvalue weighted by atomic mass is 9.93. The van der Waals surface area contributed by atoms with Crippen LogP contribution in [-0.2, 0) is 11.2 Å². The fourth-order valence-corrected chi connectivity index (χ4v) is 4.59. The highest BCUT2D eigenvalue weighted by Gasteiger charge is 2.22. The third-order valence-corrected chi connectivity index (χ3v) is 6.48. The smallest absolute Gasteiger partial charge is 0.344 e.